The Morgan fingerprint density at radius 3 is 2.17 bits per heavy atom. The van der Waals surface area contributed by atoms with E-state index in [1.807, 2.05) is 20.8 Å². The quantitative estimate of drug-likeness (QED) is 0.769. The van der Waals surface area contributed by atoms with Crippen LogP contribution in [0.25, 0.3) is 0 Å². The predicted molar refractivity (Wildman–Crippen MR) is 88.1 cm³/mol. The van der Waals surface area contributed by atoms with Crippen molar-refractivity contribution in [1.82, 2.24) is 10.2 Å². The first-order chi connectivity index (χ1) is 11.1. The van der Waals surface area contributed by atoms with E-state index in [-0.39, 0.29) is 35.1 Å². The largest absolute Gasteiger partial charge is 0.508 e. The number of piperidine rings is 1. The molecule has 0 aromatic heterocycles. The van der Waals surface area contributed by atoms with Gasteiger partial charge in [0, 0.05) is 30.8 Å². The molecule has 132 valence electrons. The van der Waals surface area contributed by atoms with Crippen LogP contribution in [0.2, 0.25) is 0 Å². The number of hydrogen-bond donors (Lipinski definition) is 3. The zero-order valence-corrected chi connectivity index (χ0v) is 14.2. The van der Waals surface area contributed by atoms with Gasteiger partial charge in [-0.15, -0.1) is 0 Å². The minimum absolute atomic E-state index is 0.0688. The van der Waals surface area contributed by atoms with Crippen molar-refractivity contribution < 1.29 is 24.5 Å². The highest BCUT2D eigenvalue weighted by Gasteiger charge is 2.27. The molecule has 2 amide bonds. The van der Waals surface area contributed by atoms with Crippen molar-refractivity contribution in [3.8, 4) is 11.5 Å². The van der Waals surface area contributed by atoms with Crippen molar-refractivity contribution in [2.75, 3.05) is 13.1 Å². The van der Waals surface area contributed by atoms with Gasteiger partial charge < -0.3 is 25.2 Å². The molecule has 0 radical (unpaired) electrons. The fourth-order valence-corrected chi connectivity index (χ4v) is 2.53. The molecule has 7 heteroatoms. The average Bonchev–Trinajstić information content (AvgIpc) is 2.45. The Kier molecular flexibility index (Phi) is 5.21. The van der Waals surface area contributed by atoms with Crippen molar-refractivity contribution in [2.45, 2.75) is 45.3 Å². The Balaban J connectivity index is 1.86. The fraction of sp³-hybridized carbons (Fsp3) is 0.529. The Labute approximate surface area is 141 Å². The number of carbonyl (C=O) groups excluding carboxylic acids is 2. The molecule has 3 N–H and O–H groups in total. The van der Waals surface area contributed by atoms with Crippen molar-refractivity contribution in [3.63, 3.8) is 0 Å². The lowest BCUT2D eigenvalue weighted by atomic mass is 10.0. The third-order valence-corrected chi connectivity index (χ3v) is 3.65. The molecule has 1 fully saturated rings. The summed E-state index contributed by atoms with van der Waals surface area (Å²) in [6, 6.07) is 3.69. The van der Waals surface area contributed by atoms with Crippen molar-refractivity contribution in [3.05, 3.63) is 23.8 Å². The number of hydrogen-bond acceptors (Lipinski definition) is 5. The fourth-order valence-electron chi connectivity index (χ4n) is 2.53. The first-order valence-electron chi connectivity index (χ1n) is 7.96. The predicted octanol–water partition coefficient (Wildman–Crippen LogP) is 2.23. The first kappa shape index (κ1) is 17.9. The first-order valence-corrected chi connectivity index (χ1v) is 7.96. The number of phenols is 2. The van der Waals surface area contributed by atoms with Crippen LogP contribution in [0.15, 0.2) is 18.2 Å². The summed E-state index contributed by atoms with van der Waals surface area (Å²) < 4.78 is 5.33. The maximum Gasteiger partial charge on any atom is 0.410 e. The second kappa shape index (κ2) is 6.98. The Morgan fingerprint density at radius 1 is 1.12 bits per heavy atom. The number of rotatable bonds is 2. The van der Waals surface area contributed by atoms with E-state index in [2.05, 4.69) is 5.32 Å². The lowest BCUT2D eigenvalue weighted by Gasteiger charge is -2.33. The van der Waals surface area contributed by atoms with Gasteiger partial charge in [0.1, 0.15) is 17.1 Å². The Morgan fingerprint density at radius 2 is 1.67 bits per heavy atom. The highest BCUT2D eigenvalue weighted by Crippen LogP contribution is 2.21. The number of phenolic OH excluding ortho intramolecular Hbond substituents is 2. The summed E-state index contributed by atoms with van der Waals surface area (Å²) in [6.07, 6.45) is 0.899. The van der Waals surface area contributed by atoms with Crippen molar-refractivity contribution >= 4 is 12.0 Å². The van der Waals surface area contributed by atoms with Gasteiger partial charge in [0.05, 0.1) is 0 Å². The Hall–Kier alpha value is -2.44. The van der Waals surface area contributed by atoms with E-state index >= 15 is 0 Å². The van der Waals surface area contributed by atoms with E-state index in [1.54, 1.807) is 4.90 Å². The number of nitrogens with one attached hydrogen (secondary N) is 1. The number of likely N-dealkylation sites (tertiary alicyclic amines) is 1. The molecule has 0 saturated carbocycles. The number of aromatic hydroxyl groups is 2. The summed E-state index contributed by atoms with van der Waals surface area (Å²) in [6.45, 7) is 6.48. The number of benzene rings is 1. The molecular formula is C17H24N2O5. The molecule has 1 aromatic rings. The normalized spacial score (nSPS) is 15.9. The van der Waals surface area contributed by atoms with Crippen LogP contribution < -0.4 is 5.32 Å². The van der Waals surface area contributed by atoms with Crippen molar-refractivity contribution in [1.29, 1.82) is 0 Å². The van der Waals surface area contributed by atoms with E-state index in [0.717, 1.165) is 6.07 Å². The lowest BCUT2D eigenvalue weighted by molar-refractivity contribution is 0.0199. The average molecular weight is 336 g/mol. The third-order valence-electron chi connectivity index (χ3n) is 3.65. The molecule has 0 aliphatic carbocycles. The molecule has 2 rings (SSSR count). The van der Waals surface area contributed by atoms with E-state index < -0.39 is 5.60 Å². The molecule has 7 nitrogen and oxygen atoms in total. The van der Waals surface area contributed by atoms with Gasteiger partial charge >= 0.3 is 6.09 Å². The maximum atomic E-state index is 12.2. The molecule has 1 saturated heterocycles. The van der Waals surface area contributed by atoms with Crippen molar-refractivity contribution in [2.24, 2.45) is 0 Å². The summed E-state index contributed by atoms with van der Waals surface area (Å²) >= 11 is 0. The van der Waals surface area contributed by atoms with Gasteiger partial charge in [0.2, 0.25) is 0 Å². The molecule has 24 heavy (non-hydrogen) atoms. The second-order valence-corrected chi connectivity index (χ2v) is 6.95. The van der Waals surface area contributed by atoms with Crippen LogP contribution in [0.1, 0.15) is 44.0 Å². The van der Waals surface area contributed by atoms with Gasteiger partial charge in [-0.3, -0.25) is 4.79 Å². The van der Waals surface area contributed by atoms with Gasteiger partial charge in [-0.2, -0.15) is 0 Å². The number of amides is 2. The van der Waals surface area contributed by atoms with Crippen LogP contribution in [-0.2, 0) is 4.74 Å². The highest BCUT2D eigenvalue weighted by atomic mass is 16.6. The summed E-state index contributed by atoms with van der Waals surface area (Å²) in [5, 5.41) is 21.7. The van der Waals surface area contributed by atoms with Gasteiger partial charge in [-0.1, -0.05) is 0 Å². The van der Waals surface area contributed by atoms with Crippen LogP contribution in [-0.4, -0.2) is 51.8 Å². The molecule has 1 aliphatic heterocycles. The van der Waals surface area contributed by atoms with E-state index in [0.29, 0.717) is 25.9 Å². The minimum Gasteiger partial charge on any atom is -0.508 e. The van der Waals surface area contributed by atoms with Gasteiger partial charge in [-0.05, 0) is 45.7 Å². The van der Waals surface area contributed by atoms with Crippen LogP contribution in [0.5, 0.6) is 11.5 Å². The third kappa shape index (κ3) is 5.04. The van der Waals surface area contributed by atoms with Crippen LogP contribution in [0.3, 0.4) is 0 Å². The molecule has 1 aromatic carbocycles. The smallest absolute Gasteiger partial charge is 0.410 e. The molecule has 0 bridgehead atoms. The van der Waals surface area contributed by atoms with Crippen LogP contribution in [0, 0.1) is 0 Å². The van der Waals surface area contributed by atoms with Crippen LogP contribution in [0.4, 0.5) is 4.79 Å². The van der Waals surface area contributed by atoms with E-state index in [9.17, 15) is 19.8 Å². The van der Waals surface area contributed by atoms with Gasteiger partial charge in [-0.25, -0.2) is 4.79 Å². The summed E-state index contributed by atoms with van der Waals surface area (Å²) in [5.74, 6) is -0.697. The zero-order chi connectivity index (χ0) is 17.9. The molecule has 1 aliphatic rings. The molecule has 1 heterocycles. The molecule has 0 atom stereocenters. The minimum atomic E-state index is -0.528. The van der Waals surface area contributed by atoms with E-state index in [4.69, 9.17) is 4.74 Å². The van der Waals surface area contributed by atoms with Crippen LogP contribution >= 0.6 is 0 Å². The molecule has 0 unspecified atom stereocenters. The van der Waals surface area contributed by atoms with Gasteiger partial charge in [0.15, 0.2) is 0 Å². The Bertz CT molecular complexity index is 596. The SMILES string of the molecule is CC(C)(C)OC(=O)N1CCC(NC(=O)c2cc(O)cc(O)c2)CC1. The van der Waals surface area contributed by atoms with Gasteiger partial charge in [0.25, 0.3) is 5.91 Å². The summed E-state index contributed by atoms with van der Waals surface area (Å²) in [7, 11) is 0. The number of carbonyl (C=O) groups is 2. The standard InChI is InChI=1S/C17H24N2O5/c1-17(2,3)24-16(23)19-6-4-12(5-7-19)18-15(22)11-8-13(20)10-14(21)9-11/h8-10,12,20-21H,4-7H2,1-3H3,(H,18,22). The monoisotopic (exact) mass is 336 g/mol. The zero-order valence-electron chi connectivity index (χ0n) is 14.2. The highest BCUT2D eigenvalue weighted by molar-refractivity contribution is 5.95. The molecule has 0 spiro atoms. The number of nitrogens with zero attached hydrogens (tertiary/aromatic N) is 1. The summed E-state index contributed by atoms with van der Waals surface area (Å²) in [5.41, 5.74) is -0.332. The second-order valence-electron chi connectivity index (χ2n) is 6.95. The lowest BCUT2D eigenvalue weighted by Crippen LogP contribution is -2.47. The molecular weight excluding hydrogens is 312 g/mol. The maximum absolute atomic E-state index is 12.2. The summed E-state index contributed by atoms with van der Waals surface area (Å²) in [4.78, 5) is 25.8. The topological polar surface area (TPSA) is 99.1 Å². The van der Waals surface area contributed by atoms with E-state index in [1.165, 1.54) is 12.1 Å². The number of ether oxygens (including phenoxy) is 1.